The third kappa shape index (κ3) is 3.64. The Morgan fingerprint density at radius 2 is 2.00 bits per heavy atom. The summed E-state index contributed by atoms with van der Waals surface area (Å²) in [5.41, 5.74) is 2.26. The van der Waals surface area contributed by atoms with Crippen molar-refractivity contribution >= 4 is 28.7 Å². The van der Waals surface area contributed by atoms with Crippen LogP contribution in [0.15, 0.2) is 29.3 Å². The Labute approximate surface area is 156 Å². The highest BCUT2D eigenvalue weighted by Gasteiger charge is 2.25. The zero-order chi connectivity index (χ0) is 18.8. The Morgan fingerprint density at radius 3 is 2.54 bits per heavy atom. The number of aliphatic hydroxyl groups is 1. The van der Waals surface area contributed by atoms with Crippen LogP contribution < -0.4 is 4.80 Å². The van der Waals surface area contributed by atoms with Gasteiger partial charge in [-0.05, 0) is 44.5 Å². The molecule has 1 fully saturated rings. The zero-order valence-electron chi connectivity index (χ0n) is 15.2. The van der Waals surface area contributed by atoms with Crippen molar-refractivity contribution < 1.29 is 14.7 Å². The van der Waals surface area contributed by atoms with Gasteiger partial charge in [-0.2, -0.15) is 0 Å². The van der Waals surface area contributed by atoms with Gasteiger partial charge in [0.15, 0.2) is 10.6 Å². The molecule has 0 bridgehead atoms. The van der Waals surface area contributed by atoms with E-state index in [4.69, 9.17) is 0 Å². The van der Waals surface area contributed by atoms with Crippen LogP contribution in [0.4, 0.5) is 5.69 Å². The molecule has 1 aromatic carbocycles. The minimum atomic E-state index is -0.421. The predicted molar refractivity (Wildman–Crippen MR) is 101 cm³/mol. The van der Waals surface area contributed by atoms with Gasteiger partial charge in [-0.25, -0.2) is 4.99 Å². The lowest BCUT2D eigenvalue weighted by molar-refractivity contribution is 0.0765. The first kappa shape index (κ1) is 18.5. The largest absolute Gasteiger partial charge is 0.391 e. The molecule has 1 atom stereocenters. The number of hydrogen-bond acceptors (Lipinski definition) is 5. The number of likely N-dealkylation sites (tertiary alicyclic amines) is 1. The molecule has 2 heterocycles. The number of hydrogen-bond donors (Lipinski definition) is 1. The van der Waals surface area contributed by atoms with E-state index in [2.05, 4.69) is 4.99 Å². The lowest BCUT2D eigenvalue weighted by atomic mass is 10.2. The number of aliphatic hydroxyl groups excluding tert-OH is 1. The van der Waals surface area contributed by atoms with Gasteiger partial charge in [0.2, 0.25) is 0 Å². The average Bonchev–Trinajstić information content (AvgIpc) is 3.18. The quantitative estimate of drug-likeness (QED) is 0.837. The molecule has 1 saturated heterocycles. The van der Waals surface area contributed by atoms with Crippen LogP contribution >= 0.6 is 11.3 Å². The molecule has 26 heavy (non-hydrogen) atoms. The van der Waals surface area contributed by atoms with E-state index in [1.807, 2.05) is 30.5 Å². The molecule has 0 aliphatic carbocycles. The fourth-order valence-corrected chi connectivity index (χ4v) is 4.28. The minimum absolute atomic E-state index is 0.0462. The third-order valence-corrected chi connectivity index (χ3v) is 5.86. The highest BCUT2D eigenvalue weighted by Crippen LogP contribution is 2.18. The van der Waals surface area contributed by atoms with Gasteiger partial charge < -0.3 is 14.6 Å². The fourth-order valence-electron chi connectivity index (χ4n) is 3.17. The summed E-state index contributed by atoms with van der Waals surface area (Å²) >= 11 is 1.39. The molecule has 1 aliphatic heterocycles. The zero-order valence-corrected chi connectivity index (χ0v) is 16.0. The second kappa shape index (κ2) is 7.55. The second-order valence-electron chi connectivity index (χ2n) is 6.45. The number of carbonyl (C=O) groups is 2. The van der Waals surface area contributed by atoms with Crippen LogP contribution in [0.1, 0.15) is 46.0 Å². The maximum Gasteiger partial charge on any atom is 0.253 e. The number of rotatable bonds is 4. The molecule has 6 nitrogen and oxygen atoms in total. The summed E-state index contributed by atoms with van der Waals surface area (Å²) in [6.07, 6.45) is 0.210. The van der Waals surface area contributed by atoms with Gasteiger partial charge in [0.05, 0.1) is 16.7 Å². The SMILES string of the molecule is CCn1c(C)c(C(C)=O)s/c1=N/c1ccc(C(=O)N2CCC(O)C2)cc1. The molecule has 1 amide bonds. The summed E-state index contributed by atoms with van der Waals surface area (Å²) < 4.78 is 2.02. The summed E-state index contributed by atoms with van der Waals surface area (Å²) in [7, 11) is 0. The summed E-state index contributed by atoms with van der Waals surface area (Å²) in [5, 5.41) is 9.58. The molecule has 2 aromatic rings. The fraction of sp³-hybridized carbons (Fsp3) is 0.421. The number of ketones is 1. The Bertz CT molecular complexity index is 896. The molecular formula is C19H23N3O3S. The topological polar surface area (TPSA) is 74.9 Å². The molecule has 1 unspecified atom stereocenters. The molecular weight excluding hydrogens is 350 g/mol. The molecule has 3 rings (SSSR count). The van der Waals surface area contributed by atoms with E-state index in [0.29, 0.717) is 25.1 Å². The number of nitrogens with zero attached hydrogens (tertiary/aromatic N) is 3. The molecule has 1 aliphatic rings. The maximum absolute atomic E-state index is 12.4. The van der Waals surface area contributed by atoms with Gasteiger partial charge in [-0.3, -0.25) is 9.59 Å². The first-order valence-corrected chi connectivity index (χ1v) is 9.55. The van der Waals surface area contributed by atoms with Crippen LogP contribution in [0.5, 0.6) is 0 Å². The van der Waals surface area contributed by atoms with Crippen LogP contribution in [-0.2, 0) is 6.54 Å². The van der Waals surface area contributed by atoms with Crippen LogP contribution in [0, 0.1) is 6.92 Å². The lowest BCUT2D eigenvalue weighted by Gasteiger charge is -2.15. The molecule has 7 heteroatoms. The number of thiazole rings is 1. The van der Waals surface area contributed by atoms with Crippen molar-refractivity contribution in [2.24, 2.45) is 4.99 Å². The van der Waals surface area contributed by atoms with E-state index in [1.165, 1.54) is 11.3 Å². The second-order valence-corrected chi connectivity index (χ2v) is 7.43. The Balaban J connectivity index is 1.88. The first-order chi connectivity index (χ1) is 12.4. The highest BCUT2D eigenvalue weighted by molar-refractivity contribution is 7.11. The standard InChI is InChI=1S/C19H23N3O3S/c1-4-22-12(2)17(13(3)23)26-19(22)20-15-7-5-14(6-8-15)18(25)21-10-9-16(24)11-21/h5-8,16,24H,4,9-11H2,1-3H3/b20-19+. The van der Waals surface area contributed by atoms with Gasteiger partial charge in [-0.15, -0.1) is 0 Å². The van der Waals surface area contributed by atoms with Gasteiger partial charge in [0, 0.05) is 37.8 Å². The average molecular weight is 373 g/mol. The third-order valence-electron chi connectivity index (χ3n) is 4.58. The summed E-state index contributed by atoms with van der Waals surface area (Å²) in [6, 6.07) is 7.13. The number of aromatic nitrogens is 1. The maximum atomic E-state index is 12.4. The van der Waals surface area contributed by atoms with E-state index in [9.17, 15) is 14.7 Å². The molecule has 0 spiro atoms. The molecule has 138 valence electrons. The number of Topliss-reactive ketones (excluding diaryl/α,β-unsaturated/α-hetero) is 1. The summed E-state index contributed by atoms with van der Waals surface area (Å²) in [5.74, 6) is -0.0209. The van der Waals surface area contributed by atoms with Crippen LogP contribution in [0.3, 0.4) is 0 Å². The summed E-state index contributed by atoms with van der Waals surface area (Å²) in [4.78, 5) is 32.0. The van der Waals surface area contributed by atoms with Crippen LogP contribution in [0.25, 0.3) is 0 Å². The Hall–Kier alpha value is -2.25. The smallest absolute Gasteiger partial charge is 0.253 e. The normalized spacial score (nSPS) is 17.8. The minimum Gasteiger partial charge on any atom is -0.391 e. The van der Waals surface area contributed by atoms with E-state index in [-0.39, 0.29) is 11.7 Å². The van der Waals surface area contributed by atoms with Crippen molar-refractivity contribution in [3.05, 3.63) is 45.2 Å². The Kier molecular flexibility index (Phi) is 5.38. The van der Waals surface area contributed by atoms with Crippen molar-refractivity contribution in [2.75, 3.05) is 13.1 Å². The van der Waals surface area contributed by atoms with Crippen molar-refractivity contribution in [2.45, 2.75) is 39.8 Å². The van der Waals surface area contributed by atoms with E-state index in [1.54, 1.807) is 24.0 Å². The predicted octanol–water partition coefficient (Wildman–Crippen LogP) is 2.52. The van der Waals surface area contributed by atoms with Crippen molar-refractivity contribution in [3.63, 3.8) is 0 Å². The number of amides is 1. The van der Waals surface area contributed by atoms with Crippen LogP contribution in [0.2, 0.25) is 0 Å². The number of benzene rings is 1. The summed E-state index contributed by atoms with van der Waals surface area (Å²) in [6.45, 7) is 7.24. The van der Waals surface area contributed by atoms with Crippen molar-refractivity contribution in [1.29, 1.82) is 0 Å². The van der Waals surface area contributed by atoms with E-state index >= 15 is 0 Å². The van der Waals surface area contributed by atoms with Crippen molar-refractivity contribution in [1.82, 2.24) is 9.47 Å². The number of carbonyl (C=O) groups excluding carboxylic acids is 2. The van der Waals surface area contributed by atoms with Crippen LogP contribution in [-0.4, -0.2) is 45.5 Å². The molecule has 1 aromatic heterocycles. The van der Waals surface area contributed by atoms with Gasteiger partial charge >= 0.3 is 0 Å². The van der Waals surface area contributed by atoms with E-state index < -0.39 is 6.10 Å². The molecule has 0 saturated carbocycles. The van der Waals surface area contributed by atoms with E-state index in [0.717, 1.165) is 27.6 Å². The van der Waals surface area contributed by atoms with Gasteiger partial charge in [0.25, 0.3) is 5.91 Å². The molecule has 1 N–H and O–H groups in total. The van der Waals surface area contributed by atoms with Crippen molar-refractivity contribution in [3.8, 4) is 0 Å². The highest BCUT2D eigenvalue weighted by atomic mass is 32.1. The monoisotopic (exact) mass is 373 g/mol. The first-order valence-electron chi connectivity index (χ1n) is 8.74. The number of β-amino-alcohol motifs (C(OH)–C–C–N with tert-alkyl or cyclic N) is 1. The Morgan fingerprint density at radius 1 is 1.31 bits per heavy atom. The van der Waals surface area contributed by atoms with Gasteiger partial charge in [0.1, 0.15) is 0 Å². The lowest BCUT2D eigenvalue weighted by Crippen LogP contribution is -2.29. The molecule has 0 radical (unpaired) electrons. The van der Waals surface area contributed by atoms with Gasteiger partial charge in [-0.1, -0.05) is 11.3 Å².